The largest absolute Gasteiger partial charge is 0.411 e. The summed E-state index contributed by atoms with van der Waals surface area (Å²) in [4.78, 5) is 36.6. The summed E-state index contributed by atoms with van der Waals surface area (Å²) in [5.74, 6) is -3.25. The first-order valence-electron chi connectivity index (χ1n) is 8.39. The lowest BCUT2D eigenvalue weighted by atomic mass is 9.80. The van der Waals surface area contributed by atoms with E-state index < -0.39 is 52.5 Å². The molecule has 0 aromatic heterocycles. The highest BCUT2D eigenvalue weighted by Crippen LogP contribution is 2.29. The van der Waals surface area contributed by atoms with Gasteiger partial charge in [0.15, 0.2) is 27.2 Å². The van der Waals surface area contributed by atoms with E-state index in [0.29, 0.717) is 6.42 Å². The van der Waals surface area contributed by atoms with Crippen LogP contribution in [0.25, 0.3) is 0 Å². The highest BCUT2D eigenvalue weighted by molar-refractivity contribution is 7.90. The fourth-order valence-electron chi connectivity index (χ4n) is 3.15. The molecule has 1 aliphatic rings. The molecule has 0 atom stereocenters. The van der Waals surface area contributed by atoms with Crippen LogP contribution in [0.3, 0.4) is 0 Å². The molecule has 154 valence electrons. The Balaban J connectivity index is 2.46. The number of hydrogen-bond acceptors (Lipinski definition) is 6. The first-order chi connectivity index (χ1) is 12.8. The van der Waals surface area contributed by atoms with Crippen molar-refractivity contribution < 1.29 is 40.7 Å². The Hall–Kier alpha value is -2.07. The molecule has 0 spiro atoms. The molecule has 0 unspecified atom stereocenters. The maximum absolute atomic E-state index is 12.8. The summed E-state index contributed by atoms with van der Waals surface area (Å²) in [6.07, 6.45) is -3.18. The number of rotatable bonds is 6. The molecule has 0 N–H and O–H groups in total. The SMILES string of the molecule is Cc1c(C(=O)C2C(=O)CCCC2=O)ccc(S(C)(=O)=O)c1COCC(F)(F)F. The van der Waals surface area contributed by atoms with Crippen molar-refractivity contribution in [2.75, 3.05) is 12.9 Å². The Labute approximate surface area is 160 Å². The van der Waals surface area contributed by atoms with Gasteiger partial charge in [-0.1, -0.05) is 0 Å². The Bertz CT molecular complexity index is 902. The molecule has 0 aliphatic heterocycles. The molecule has 0 bridgehead atoms. The van der Waals surface area contributed by atoms with E-state index in [4.69, 9.17) is 0 Å². The third kappa shape index (κ3) is 5.05. The molecule has 1 aromatic carbocycles. The normalized spacial score (nSPS) is 16.5. The summed E-state index contributed by atoms with van der Waals surface area (Å²) in [6.45, 7) is -0.930. The summed E-state index contributed by atoms with van der Waals surface area (Å²) in [5, 5.41) is 0. The number of carbonyl (C=O) groups excluding carboxylic acids is 3. The summed E-state index contributed by atoms with van der Waals surface area (Å²) >= 11 is 0. The molecule has 2 rings (SSSR count). The van der Waals surface area contributed by atoms with Crippen molar-refractivity contribution in [1.29, 1.82) is 0 Å². The lowest BCUT2D eigenvalue weighted by Crippen LogP contribution is -2.35. The number of sulfone groups is 1. The van der Waals surface area contributed by atoms with E-state index in [1.54, 1.807) is 0 Å². The highest BCUT2D eigenvalue weighted by atomic mass is 32.2. The van der Waals surface area contributed by atoms with Crippen LogP contribution in [0.5, 0.6) is 0 Å². The lowest BCUT2D eigenvalue weighted by Gasteiger charge is -2.21. The van der Waals surface area contributed by atoms with Crippen molar-refractivity contribution in [3.05, 3.63) is 28.8 Å². The second kappa shape index (κ2) is 8.12. The number of benzene rings is 1. The van der Waals surface area contributed by atoms with Crippen molar-refractivity contribution in [2.24, 2.45) is 5.92 Å². The van der Waals surface area contributed by atoms with Gasteiger partial charge in [-0.2, -0.15) is 13.2 Å². The monoisotopic (exact) mass is 420 g/mol. The van der Waals surface area contributed by atoms with Crippen LogP contribution in [-0.4, -0.2) is 44.8 Å². The standard InChI is InChI=1S/C18H19F3O6S/c1-10-11(17(24)16-13(22)4-3-5-14(16)23)6-7-15(28(2,25)26)12(10)8-27-9-18(19,20)21/h6-7,16H,3-5,8-9H2,1-2H3. The van der Waals surface area contributed by atoms with Crippen molar-refractivity contribution >= 4 is 27.2 Å². The van der Waals surface area contributed by atoms with Gasteiger partial charge in [-0.15, -0.1) is 0 Å². The van der Waals surface area contributed by atoms with Crippen LogP contribution in [0.15, 0.2) is 17.0 Å². The number of alkyl halides is 3. The molecule has 1 fully saturated rings. The van der Waals surface area contributed by atoms with Gasteiger partial charge in [-0.25, -0.2) is 8.42 Å². The minimum absolute atomic E-state index is 0.0706. The molecule has 0 heterocycles. The third-order valence-electron chi connectivity index (χ3n) is 4.49. The van der Waals surface area contributed by atoms with E-state index in [1.165, 1.54) is 13.0 Å². The van der Waals surface area contributed by atoms with E-state index >= 15 is 0 Å². The fraction of sp³-hybridized carbons (Fsp3) is 0.500. The number of ether oxygens (including phenoxy) is 1. The van der Waals surface area contributed by atoms with Crippen LogP contribution < -0.4 is 0 Å². The van der Waals surface area contributed by atoms with E-state index in [0.717, 1.165) is 12.3 Å². The molecule has 0 radical (unpaired) electrons. The minimum atomic E-state index is -4.60. The molecule has 6 nitrogen and oxygen atoms in total. The maximum atomic E-state index is 12.8. The number of halogens is 3. The molecule has 1 aliphatic carbocycles. The fourth-order valence-corrected chi connectivity index (χ4v) is 4.12. The van der Waals surface area contributed by atoms with E-state index in [9.17, 15) is 36.0 Å². The zero-order valence-electron chi connectivity index (χ0n) is 15.3. The first kappa shape index (κ1) is 22.2. The number of hydrogen-bond donors (Lipinski definition) is 0. The van der Waals surface area contributed by atoms with Gasteiger partial charge in [0.05, 0.1) is 11.5 Å². The van der Waals surface area contributed by atoms with Gasteiger partial charge < -0.3 is 4.74 Å². The first-order valence-corrected chi connectivity index (χ1v) is 10.3. The molecule has 0 saturated heterocycles. The smallest absolute Gasteiger partial charge is 0.367 e. The van der Waals surface area contributed by atoms with Gasteiger partial charge >= 0.3 is 6.18 Å². The zero-order chi connectivity index (χ0) is 21.3. The van der Waals surface area contributed by atoms with E-state index in [-0.39, 0.29) is 34.4 Å². The van der Waals surface area contributed by atoms with E-state index in [2.05, 4.69) is 4.74 Å². The van der Waals surface area contributed by atoms with Crippen LogP contribution in [0, 0.1) is 12.8 Å². The molecule has 10 heteroatoms. The van der Waals surface area contributed by atoms with Gasteiger partial charge in [0.2, 0.25) is 0 Å². The van der Waals surface area contributed by atoms with Crippen molar-refractivity contribution in [1.82, 2.24) is 0 Å². The molecule has 0 amide bonds. The second-order valence-corrected chi connectivity index (χ2v) is 8.66. The highest BCUT2D eigenvalue weighted by Gasteiger charge is 2.37. The predicted octanol–water partition coefficient (Wildman–Crippen LogP) is 2.60. The Morgan fingerprint density at radius 3 is 2.25 bits per heavy atom. The van der Waals surface area contributed by atoms with Gasteiger partial charge in [-0.05, 0) is 36.6 Å². The zero-order valence-corrected chi connectivity index (χ0v) is 16.1. The van der Waals surface area contributed by atoms with Crippen LogP contribution in [0.1, 0.15) is 40.7 Å². The molecule has 28 heavy (non-hydrogen) atoms. The quantitative estimate of drug-likeness (QED) is 0.519. The lowest BCUT2D eigenvalue weighted by molar-refractivity contribution is -0.176. The van der Waals surface area contributed by atoms with E-state index in [1.807, 2.05) is 0 Å². The third-order valence-corrected chi connectivity index (χ3v) is 5.67. The minimum Gasteiger partial charge on any atom is -0.367 e. The number of carbonyl (C=O) groups is 3. The Morgan fingerprint density at radius 2 is 1.75 bits per heavy atom. The predicted molar refractivity (Wildman–Crippen MR) is 91.7 cm³/mol. The van der Waals surface area contributed by atoms with Crippen LogP contribution >= 0.6 is 0 Å². The van der Waals surface area contributed by atoms with Gasteiger partial charge in [-0.3, -0.25) is 14.4 Å². The second-order valence-electron chi connectivity index (χ2n) is 6.68. The molecule has 1 aromatic rings. The maximum Gasteiger partial charge on any atom is 0.411 e. The Kier molecular flexibility index (Phi) is 6.44. The summed E-state index contributed by atoms with van der Waals surface area (Å²) in [7, 11) is -3.82. The van der Waals surface area contributed by atoms with Crippen LogP contribution in [-0.2, 0) is 30.8 Å². The molecule has 1 saturated carbocycles. The molecular weight excluding hydrogens is 401 g/mol. The number of Topliss-reactive ketones (excluding diaryl/α,β-unsaturated/α-hetero) is 3. The Morgan fingerprint density at radius 1 is 1.18 bits per heavy atom. The van der Waals surface area contributed by atoms with Crippen molar-refractivity contribution in [2.45, 2.75) is 43.9 Å². The van der Waals surface area contributed by atoms with Gasteiger partial charge in [0.1, 0.15) is 12.5 Å². The topological polar surface area (TPSA) is 94.6 Å². The number of ketones is 3. The summed E-state index contributed by atoms with van der Waals surface area (Å²) in [6, 6.07) is 2.26. The average molecular weight is 420 g/mol. The van der Waals surface area contributed by atoms with Crippen LogP contribution in [0.2, 0.25) is 0 Å². The van der Waals surface area contributed by atoms with Crippen molar-refractivity contribution in [3.8, 4) is 0 Å². The van der Waals surface area contributed by atoms with Gasteiger partial charge in [0, 0.05) is 24.7 Å². The summed E-state index contributed by atoms with van der Waals surface area (Å²) in [5.41, 5.74) is -0.110. The van der Waals surface area contributed by atoms with Crippen LogP contribution in [0.4, 0.5) is 13.2 Å². The average Bonchev–Trinajstić information content (AvgIpc) is 2.53. The molecular formula is C18H19F3O6S. The van der Waals surface area contributed by atoms with Crippen molar-refractivity contribution in [3.63, 3.8) is 0 Å². The summed E-state index contributed by atoms with van der Waals surface area (Å²) < 4.78 is 65.6. The van der Waals surface area contributed by atoms with Gasteiger partial charge in [0.25, 0.3) is 0 Å².